The van der Waals surface area contributed by atoms with Gasteiger partial charge in [-0.2, -0.15) is 0 Å². The SMILES string of the molecule is O=C(Nc1ccc(N2CCCCC2)c(C(=O)NCc2ccccc2)c1)c1ccc([N+](=O)[O-])cc1. The van der Waals surface area contributed by atoms with Gasteiger partial charge in [0.15, 0.2) is 0 Å². The molecule has 4 rings (SSSR count). The predicted molar refractivity (Wildman–Crippen MR) is 131 cm³/mol. The number of nitrogens with one attached hydrogen (secondary N) is 2. The van der Waals surface area contributed by atoms with Crippen molar-refractivity contribution in [2.45, 2.75) is 25.8 Å². The quantitative estimate of drug-likeness (QED) is 0.392. The molecule has 2 N–H and O–H groups in total. The monoisotopic (exact) mass is 458 g/mol. The van der Waals surface area contributed by atoms with Crippen LogP contribution in [0.5, 0.6) is 0 Å². The molecule has 2 amide bonds. The van der Waals surface area contributed by atoms with Crippen molar-refractivity contribution < 1.29 is 14.5 Å². The van der Waals surface area contributed by atoms with E-state index in [2.05, 4.69) is 15.5 Å². The van der Waals surface area contributed by atoms with E-state index >= 15 is 0 Å². The molecule has 0 bridgehead atoms. The van der Waals surface area contributed by atoms with Crippen LogP contribution >= 0.6 is 0 Å². The first kappa shape index (κ1) is 23.0. The number of carbonyl (C=O) groups excluding carboxylic acids is 2. The highest BCUT2D eigenvalue weighted by atomic mass is 16.6. The van der Waals surface area contributed by atoms with E-state index in [-0.39, 0.29) is 11.6 Å². The second kappa shape index (κ2) is 10.6. The van der Waals surface area contributed by atoms with Crippen LogP contribution in [-0.4, -0.2) is 29.8 Å². The van der Waals surface area contributed by atoms with E-state index in [0.29, 0.717) is 23.4 Å². The number of hydrogen-bond acceptors (Lipinski definition) is 5. The van der Waals surface area contributed by atoms with Gasteiger partial charge in [0.25, 0.3) is 17.5 Å². The van der Waals surface area contributed by atoms with E-state index in [1.54, 1.807) is 12.1 Å². The van der Waals surface area contributed by atoms with Crippen molar-refractivity contribution in [3.05, 3.63) is 99.6 Å². The van der Waals surface area contributed by atoms with Crippen molar-refractivity contribution in [1.82, 2.24) is 5.32 Å². The lowest BCUT2D eigenvalue weighted by Gasteiger charge is -2.30. The molecular weight excluding hydrogens is 432 g/mol. The third-order valence-electron chi connectivity index (χ3n) is 5.83. The normalized spacial score (nSPS) is 13.2. The second-order valence-electron chi connectivity index (χ2n) is 8.21. The predicted octanol–water partition coefficient (Wildman–Crippen LogP) is 4.77. The number of rotatable bonds is 7. The summed E-state index contributed by atoms with van der Waals surface area (Å²) in [5.74, 6) is -0.618. The van der Waals surface area contributed by atoms with Crippen LogP contribution in [0.3, 0.4) is 0 Å². The van der Waals surface area contributed by atoms with Crippen molar-refractivity contribution in [3.8, 4) is 0 Å². The van der Waals surface area contributed by atoms with E-state index in [0.717, 1.165) is 37.2 Å². The van der Waals surface area contributed by atoms with Gasteiger partial charge in [-0.3, -0.25) is 19.7 Å². The van der Waals surface area contributed by atoms with Gasteiger partial charge in [0.1, 0.15) is 0 Å². The molecule has 1 aliphatic heterocycles. The summed E-state index contributed by atoms with van der Waals surface area (Å²) in [4.78, 5) is 38.4. The van der Waals surface area contributed by atoms with Crippen molar-refractivity contribution in [3.63, 3.8) is 0 Å². The summed E-state index contributed by atoms with van der Waals surface area (Å²) < 4.78 is 0. The molecule has 0 aliphatic carbocycles. The smallest absolute Gasteiger partial charge is 0.269 e. The number of carbonyl (C=O) groups is 2. The van der Waals surface area contributed by atoms with Crippen molar-refractivity contribution >= 4 is 28.9 Å². The summed E-state index contributed by atoms with van der Waals surface area (Å²) in [7, 11) is 0. The van der Waals surface area contributed by atoms with Gasteiger partial charge in [0.05, 0.1) is 10.5 Å². The van der Waals surface area contributed by atoms with E-state index in [1.165, 1.54) is 30.7 Å². The lowest BCUT2D eigenvalue weighted by atomic mass is 10.1. The topological polar surface area (TPSA) is 105 Å². The third-order valence-corrected chi connectivity index (χ3v) is 5.83. The highest BCUT2D eigenvalue weighted by molar-refractivity contribution is 6.06. The van der Waals surface area contributed by atoms with Gasteiger partial charge in [-0.05, 0) is 55.2 Å². The number of anilines is 2. The number of nitro groups is 1. The van der Waals surface area contributed by atoms with Gasteiger partial charge in [-0.25, -0.2) is 0 Å². The van der Waals surface area contributed by atoms with Crippen LogP contribution in [0.2, 0.25) is 0 Å². The zero-order valence-electron chi connectivity index (χ0n) is 18.7. The van der Waals surface area contributed by atoms with Gasteiger partial charge < -0.3 is 15.5 Å². The molecule has 174 valence electrons. The number of hydrogen-bond donors (Lipinski definition) is 2. The molecule has 0 aromatic heterocycles. The fraction of sp³-hybridized carbons (Fsp3) is 0.231. The van der Waals surface area contributed by atoms with Gasteiger partial charge >= 0.3 is 0 Å². The number of benzene rings is 3. The Kier molecular flexibility index (Phi) is 7.17. The van der Waals surface area contributed by atoms with Crippen LogP contribution in [0.1, 0.15) is 45.5 Å². The molecule has 3 aromatic carbocycles. The minimum absolute atomic E-state index is 0.0835. The molecule has 0 unspecified atom stereocenters. The largest absolute Gasteiger partial charge is 0.371 e. The Morgan fingerprint density at radius 2 is 1.59 bits per heavy atom. The molecule has 1 saturated heterocycles. The second-order valence-corrected chi connectivity index (χ2v) is 8.21. The zero-order valence-corrected chi connectivity index (χ0v) is 18.7. The molecule has 1 aliphatic rings. The molecule has 0 saturated carbocycles. The molecular formula is C26H26N4O4. The van der Waals surface area contributed by atoms with E-state index in [1.807, 2.05) is 36.4 Å². The summed E-state index contributed by atoms with van der Waals surface area (Å²) in [5.41, 5.74) is 3.03. The molecule has 3 aromatic rings. The molecule has 8 nitrogen and oxygen atoms in total. The lowest BCUT2D eigenvalue weighted by molar-refractivity contribution is -0.384. The Morgan fingerprint density at radius 3 is 2.26 bits per heavy atom. The van der Waals surface area contributed by atoms with E-state index < -0.39 is 10.8 Å². The average Bonchev–Trinajstić information content (AvgIpc) is 2.88. The minimum atomic E-state index is -0.513. The molecule has 0 spiro atoms. The highest BCUT2D eigenvalue weighted by Gasteiger charge is 2.20. The summed E-state index contributed by atoms with van der Waals surface area (Å²) in [6.45, 7) is 2.17. The number of piperidine rings is 1. The van der Waals surface area contributed by atoms with Crippen LogP contribution in [-0.2, 0) is 6.54 Å². The van der Waals surface area contributed by atoms with Gasteiger partial charge in [0, 0.05) is 48.7 Å². The summed E-state index contributed by atoms with van der Waals surface area (Å²) >= 11 is 0. The molecule has 0 radical (unpaired) electrons. The molecule has 8 heteroatoms. The molecule has 1 heterocycles. The maximum absolute atomic E-state index is 13.2. The Balaban J connectivity index is 1.55. The number of nitrogens with zero attached hydrogens (tertiary/aromatic N) is 2. The van der Waals surface area contributed by atoms with Crippen molar-refractivity contribution in [1.29, 1.82) is 0 Å². The maximum Gasteiger partial charge on any atom is 0.269 e. The van der Waals surface area contributed by atoms with E-state index in [9.17, 15) is 19.7 Å². The van der Waals surface area contributed by atoms with Gasteiger partial charge in [0.2, 0.25) is 0 Å². The first-order valence-electron chi connectivity index (χ1n) is 11.3. The van der Waals surface area contributed by atoms with Gasteiger partial charge in [-0.15, -0.1) is 0 Å². The van der Waals surface area contributed by atoms with Crippen LogP contribution < -0.4 is 15.5 Å². The fourth-order valence-electron chi connectivity index (χ4n) is 4.02. The third kappa shape index (κ3) is 5.58. The average molecular weight is 459 g/mol. The molecule has 34 heavy (non-hydrogen) atoms. The van der Waals surface area contributed by atoms with Crippen LogP contribution in [0.4, 0.5) is 17.1 Å². The maximum atomic E-state index is 13.2. The fourth-order valence-corrected chi connectivity index (χ4v) is 4.02. The van der Waals surface area contributed by atoms with Crippen molar-refractivity contribution in [2.24, 2.45) is 0 Å². The zero-order chi connectivity index (χ0) is 23.9. The Bertz CT molecular complexity index is 1170. The summed E-state index contributed by atoms with van der Waals surface area (Å²) in [5, 5.41) is 16.6. The molecule has 1 fully saturated rings. The van der Waals surface area contributed by atoms with Gasteiger partial charge in [-0.1, -0.05) is 30.3 Å². The Morgan fingerprint density at radius 1 is 0.882 bits per heavy atom. The Hall–Kier alpha value is -4.20. The van der Waals surface area contributed by atoms with Crippen LogP contribution in [0, 0.1) is 10.1 Å². The molecule has 0 atom stereocenters. The lowest BCUT2D eigenvalue weighted by Crippen LogP contribution is -2.32. The first-order valence-corrected chi connectivity index (χ1v) is 11.3. The number of nitro benzene ring substituents is 1. The summed E-state index contributed by atoms with van der Waals surface area (Å²) in [6.07, 6.45) is 3.32. The standard InChI is InChI=1S/C26H26N4O4/c31-25(20-9-12-22(13-10-20)30(33)34)28-21-11-14-24(29-15-5-2-6-16-29)23(17-21)26(32)27-18-19-7-3-1-4-8-19/h1,3-4,7-14,17H,2,5-6,15-16,18H2,(H,27,32)(H,28,31). The van der Waals surface area contributed by atoms with Crippen LogP contribution in [0.25, 0.3) is 0 Å². The number of amides is 2. The highest BCUT2D eigenvalue weighted by Crippen LogP contribution is 2.28. The minimum Gasteiger partial charge on any atom is -0.371 e. The number of non-ortho nitro benzene ring substituents is 1. The first-order chi connectivity index (χ1) is 16.5. The van der Waals surface area contributed by atoms with Crippen molar-refractivity contribution in [2.75, 3.05) is 23.3 Å². The van der Waals surface area contributed by atoms with E-state index in [4.69, 9.17) is 0 Å². The van der Waals surface area contributed by atoms with Crippen LogP contribution in [0.15, 0.2) is 72.8 Å². The Labute approximate surface area is 197 Å². The summed E-state index contributed by atoms with van der Waals surface area (Å²) in [6, 6.07) is 20.4.